The molecular weight excluding hydrogens is 210 g/mol. The van der Waals surface area contributed by atoms with E-state index in [1.54, 1.807) is 0 Å². The molecule has 2 aromatic carbocycles. The van der Waals surface area contributed by atoms with Crippen LogP contribution in [0, 0.1) is 0 Å². The summed E-state index contributed by atoms with van der Waals surface area (Å²) in [6.07, 6.45) is 0. The van der Waals surface area contributed by atoms with Gasteiger partial charge in [0, 0.05) is 19.3 Å². The number of aliphatic hydroxyl groups is 1. The molecule has 0 saturated heterocycles. The summed E-state index contributed by atoms with van der Waals surface area (Å²) in [4.78, 5) is 2.19. The molecule has 0 saturated carbocycles. The van der Waals surface area contributed by atoms with Crippen LogP contribution in [0.25, 0.3) is 0 Å². The molecular formula is C15H17NO. The number of hydrogen-bond donors (Lipinski definition) is 1. The smallest absolute Gasteiger partial charge is 0.0681 e. The zero-order chi connectivity index (χ0) is 12.1. The monoisotopic (exact) mass is 227 g/mol. The van der Waals surface area contributed by atoms with Crippen LogP contribution in [0.1, 0.15) is 11.1 Å². The highest BCUT2D eigenvalue weighted by atomic mass is 16.3. The van der Waals surface area contributed by atoms with E-state index >= 15 is 0 Å². The van der Waals surface area contributed by atoms with Crippen molar-refractivity contribution < 1.29 is 5.11 Å². The van der Waals surface area contributed by atoms with E-state index in [1.807, 2.05) is 30.3 Å². The van der Waals surface area contributed by atoms with Crippen LogP contribution in [0.2, 0.25) is 0 Å². The van der Waals surface area contributed by atoms with Crippen LogP contribution in [0.3, 0.4) is 0 Å². The van der Waals surface area contributed by atoms with Crippen LogP contribution >= 0.6 is 0 Å². The predicted molar refractivity (Wildman–Crippen MR) is 70.9 cm³/mol. The van der Waals surface area contributed by atoms with Crippen molar-refractivity contribution in [1.29, 1.82) is 0 Å². The molecule has 0 aliphatic carbocycles. The molecule has 0 fully saturated rings. The Labute approximate surface area is 102 Å². The zero-order valence-electron chi connectivity index (χ0n) is 10.0. The molecule has 0 unspecified atom stereocenters. The molecule has 17 heavy (non-hydrogen) atoms. The maximum atomic E-state index is 8.99. The minimum absolute atomic E-state index is 0.0999. The maximum Gasteiger partial charge on any atom is 0.0681 e. The molecule has 0 bridgehead atoms. The third-order valence-electron chi connectivity index (χ3n) is 2.82. The Morgan fingerprint density at radius 2 is 1.53 bits per heavy atom. The van der Waals surface area contributed by atoms with Gasteiger partial charge in [0.15, 0.2) is 0 Å². The summed E-state index contributed by atoms with van der Waals surface area (Å²) in [5, 5.41) is 8.99. The van der Waals surface area contributed by atoms with Gasteiger partial charge in [-0.05, 0) is 23.3 Å². The lowest BCUT2D eigenvalue weighted by atomic mass is 10.2. The number of benzene rings is 2. The molecule has 2 nitrogen and oxygen atoms in total. The van der Waals surface area contributed by atoms with Crippen LogP contribution in [-0.2, 0) is 13.2 Å². The molecule has 0 aliphatic heterocycles. The van der Waals surface area contributed by atoms with Gasteiger partial charge in [0.1, 0.15) is 0 Å². The van der Waals surface area contributed by atoms with Gasteiger partial charge in [-0.2, -0.15) is 0 Å². The van der Waals surface area contributed by atoms with Gasteiger partial charge in [-0.15, -0.1) is 0 Å². The largest absolute Gasteiger partial charge is 0.392 e. The molecule has 1 N–H and O–H groups in total. The van der Waals surface area contributed by atoms with Gasteiger partial charge in [0.25, 0.3) is 0 Å². The lowest BCUT2D eigenvalue weighted by molar-refractivity contribution is 0.282. The van der Waals surface area contributed by atoms with Crippen LogP contribution in [0.15, 0.2) is 54.6 Å². The summed E-state index contributed by atoms with van der Waals surface area (Å²) in [5.41, 5.74) is 3.40. The average Bonchev–Trinajstić information content (AvgIpc) is 2.40. The van der Waals surface area contributed by atoms with E-state index in [1.165, 1.54) is 5.56 Å². The number of aliphatic hydroxyl groups excluding tert-OH is 1. The van der Waals surface area contributed by atoms with Crippen molar-refractivity contribution in [3.63, 3.8) is 0 Å². The van der Waals surface area contributed by atoms with E-state index in [2.05, 4.69) is 36.2 Å². The third kappa shape index (κ3) is 3.08. The summed E-state index contributed by atoms with van der Waals surface area (Å²) in [7, 11) is 2.07. The van der Waals surface area contributed by atoms with Gasteiger partial charge in [0.2, 0.25) is 0 Å². The van der Waals surface area contributed by atoms with Gasteiger partial charge in [-0.3, -0.25) is 0 Å². The molecule has 2 rings (SSSR count). The SMILES string of the molecule is CN(Cc1ccccc1)c1ccc(CO)cc1. The first kappa shape index (κ1) is 11.7. The predicted octanol–water partition coefficient (Wildman–Crippen LogP) is 2.82. The Morgan fingerprint density at radius 1 is 0.882 bits per heavy atom. The summed E-state index contributed by atoms with van der Waals surface area (Å²) in [6, 6.07) is 18.4. The number of rotatable bonds is 4. The van der Waals surface area contributed by atoms with Gasteiger partial charge >= 0.3 is 0 Å². The number of anilines is 1. The van der Waals surface area contributed by atoms with E-state index < -0.39 is 0 Å². The molecule has 0 atom stereocenters. The summed E-state index contributed by atoms with van der Waals surface area (Å²) < 4.78 is 0. The minimum Gasteiger partial charge on any atom is -0.392 e. The van der Waals surface area contributed by atoms with Gasteiger partial charge in [-0.25, -0.2) is 0 Å². The van der Waals surface area contributed by atoms with Crippen LogP contribution in [0.5, 0.6) is 0 Å². The van der Waals surface area contributed by atoms with Crippen molar-refractivity contribution in [2.75, 3.05) is 11.9 Å². The van der Waals surface area contributed by atoms with E-state index in [4.69, 9.17) is 5.11 Å². The second kappa shape index (κ2) is 5.51. The molecule has 0 radical (unpaired) electrons. The maximum absolute atomic E-state index is 8.99. The minimum atomic E-state index is 0.0999. The topological polar surface area (TPSA) is 23.5 Å². The molecule has 0 spiro atoms. The fourth-order valence-electron chi connectivity index (χ4n) is 1.80. The van der Waals surface area contributed by atoms with E-state index in [-0.39, 0.29) is 6.61 Å². The first-order valence-electron chi connectivity index (χ1n) is 5.74. The fourth-order valence-corrected chi connectivity index (χ4v) is 1.80. The zero-order valence-corrected chi connectivity index (χ0v) is 10.0. The van der Waals surface area contributed by atoms with E-state index in [0.29, 0.717) is 0 Å². The molecule has 0 aliphatic rings. The van der Waals surface area contributed by atoms with Crippen molar-refractivity contribution >= 4 is 5.69 Å². The third-order valence-corrected chi connectivity index (χ3v) is 2.82. The van der Waals surface area contributed by atoms with E-state index in [9.17, 15) is 0 Å². The standard InChI is InChI=1S/C15H17NO/c1-16(11-13-5-3-2-4-6-13)15-9-7-14(12-17)8-10-15/h2-10,17H,11-12H2,1H3. The van der Waals surface area contributed by atoms with Crippen LogP contribution in [-0.4, -0.2) is 12.2 Å². The summed E-state index contributed by atoms with van der Waals surface area (Å²) >= 11 is 0. The average molecular weight is 227 g/mol. The van der Waals surface area contributed by atoms with Crippen molar-refractivity contribution in [1.82, 2.24) is 0 Å². The fraction of sp³-hybridized carbons (Fsp3) is 0.200. The Kier molecular flexibility index (Phi) is 3.78. The highest BCUT2D eigenvalue weighted by Gasteiger charge is 2.01. The van der Waals surface area contributed by atoms with Crippen molar-refractivity contribution in [3.8, 4) is 0 Å². The molecule has 2 heteroatoms. The number of hydrogen-bond acceptors (Lipinski definition) is 2. The van der Waals surface area contributed by atoms with Crippen molar-refractivity contribution in [3.05, 3.63) is 65.7 Å². The highest BCUT2D eigenvalue weighted by molar-refractivity contribution is 5.47. The summed E-state index contributed by atoms with van der Waals surface area (Å²) in [5.74, 6) is 0. The molecule has 2 aromatic rings. The van der Waals surface area contributed by atoms with E-state index in [0.717, 1.165) is 17.8 Å². The van der Waals surface area contributed by atoms with Gasteiger partial charge in [0.05, 0.1) is 6.61 Å². The second-order valence-corrected chi connectivity index (χ2v) is 4.17. The molecule has 88 valence electrons. The highest BCUT2D eigenvalue weighted by Crippen LogP contribution is 2.16. The van der Waals surface area contributed by atoms with Crippen molar-refractivity contribution in [2.24, 2.45) is 0 Å². The van der Waals surface area contributed by atoms with Crippen molar-refractivity contribution in [2.45, 2.75) is 13.2 Å². The lowest BCUT2D eigenvalue weighted by Crippen LogP contribution is -2.16. The van der Waals surface area contributed by atoms with Crippen LogP contribution < -0.4 is 4.90 Å². The molecule has 0 heterocycles. The molecule has 0 aromatic heterocycles. The van der Waals surface area contributed by atoms with Crippen LogP contribution in [0.4, 0.5) is 5.69 Å². The Balaban J connectivity index is 2.06. The Morgan fingerprint density at radius 3 is 2.12 bits per heavy atom. The first-order valence-corrected chi connectivity index (χ1v) is 5.74. The Hall–Kier alpha value is -1.80. The molecule has 0 amide bonds. The van der Waals surface area contributed by atoms with Gasteiger partial charge in [-0.1, -0.05) is 42.5 Å². The quantitative estimate of drug-likeness (QED) is 0.868. The Bertz CT molecular complexity index is 450. The lowest BCUT2D eigenvalue weighted by Gasteiger charge is -2.19. The first-order chi connectivity index (χ1) is 8.29. The van der Waals surface area contributed by atoms with Gasteiger partial charge < -0.3 is 10.0 Å². The second-order valence-electron chi connectivity index (χ2n) is 4.17. The summed E-state index contributed by atoms with van der Waals surface area (Å²) in [6.45, 7) is 0.988. The number of nitrogens with zero attached hydrogens (tertiary/aromatic N) is 1. The normalized spacial score (nSPS) is 10.2.